The molecule has 0 spiro atoms. The molecule has 1 saturated heterocycles. The van der Waals surface area contributed by atoms with E-state index in [0.29, 0.717) is 5.69 Å². The van der Waals surface area contributed by atoms with Crippen LogP contribution in [-0.4, -0.2) is 33.6 Å². The molecular formula is C22H21N3O3. The maximum absolute atomic E-state index is 13.0. The largest absolute Gasteiger partial charge is 0.324 e. The average Bonchev–Trinajstić information content (AvgIpc) is 3.01. The van der Waals surface area contributed by atoms with E-state index in [0.717, 1.165) is 23.7 Å². The van der Waals surface area contributed by atoms with Crippen molar-refractivity contribution in [3.8, 4) is 0 Å². The van der Waals surface area contributed by atoms with Gasteiger partial charge in [-0.15, -0.1) is 0 Å². The number of nitrogens with one attached hydrogen (secondary N) is 1. The number of hydrogen-bond donors (Lipinski definition) is 1. The molecule has 1 aromatic carbocycles. The fraction of sp³-hybridized carbons (Fsp3) is 0.364. The van der Waals surface area contributed by atoms with Gasteiger partial charge in [-0.05, 0) is 55.9 Å². The second-order valence-electron chi connectivity index (χ2n) is 7.96. The highest BCUT2D eigenvalue weighted by molar-refractivity contribution is 6.10. The lowest BCUT2D eigenvalue weighted by molar-refractivity contribution is -0.146. The van der Waals surface area contributed by atoms with Gasteiger partial charge >= 0.3 is 0 Å². The summed E-state index contributed by atoms with van der Waals surface area (Å²) >= 11 is 0. The predicted molar refractivity (Wildman–Crippen MR) is 104 cm³/mol. The van der Waals surface area contributed by atoms with Crippen molar-refractivity contribution < 1.29 is 14.4 Å². The Morgan fingerprint density at radius 2 is 1.79 bits per heavy atom. The molecule has 2 bridgehead atoms. The summed E-state index contributed by atoms with van der Waals surface area (Å²) < 4.78 is 0. The topological polar surface area (TPSA) is 79.4 Å². The van der Waals surface area contributed by atoms with Gasteiger partial charge in [-0.1, -0.05) is 18.2 Å². The number of hydrogen-bond acceptors (Lipinski definition) is 4. The van der Waals surface area contributed by atoms with E-state index in [1.165, 1.54) is 4.90 Å². The molecule has 0 radical (unpaired) electrons. The Hall–Kier alpha value is -3.02. The van der Waals surface area contributed by atoms with E-state index in [4.69, 9.17) is 0 Å². The van der Waals surface area contributed by atoms with Gasteiger partial charge < -0.3 is 5.32 Å². The standard InChI is InChI=1S/C22H21N3O3/c1-12(20(26)24-16-8-9-17-15(11-16)3-2-10-23-17)25-21(27)18-13-4-5-14(7-6-13)19(18)22(25)28/h2-5,8-14,18-19H,6-7H2,1H3,(H,24,26)/t12-,13+,14+,18-,19+/m1/s1. The predicted octanol–water partition coefficient (Wildman–Crippen LogP) is 2.76. The third-order valence-electron chi connectivity index (χ3n) is 6.43. The minimum atomic E-state index is -0.838. The molecule has 1 N–H and O–H groups in total. The summed E-state index contributed by atoms with van der Waals surface area (Å²) in [5.74, 6) is -1.08. The van der Waals surface area contributed by atoms with Crippen LogP contribution in [0.1, 0.15) is 19.8 Å². The first-order valence-electron chi connectivity index (χ1n) is 9.75. The van der Waals surface area contributed by atoms with Gasteiger partial charge in [0.05, 0.1) is 17.4 Å². The second-order valence-corrected chi connectivity index (χ2v) is 7.96. The zero-order chi connectivity index (χ0) is 19.4. The van der Waals surface area contributed by atoms with Crippen molar-refractivity contribution in [1.29, 1.82) is 0 Å². The molecule has 2 heterocycles. The van der Waals surface area contributed by atoms with Crippen LogP contribution in [-0.2, 0) is 14.4 Å². The molecule has 3 amide bonds. The second kappa shape index (κ2) is 6.26. The highest BCUT2D eigenvalue weighted by atomic mass is 16.2. The maximum Gasteiger partial charge on any atom is 0.247 e. The van der Waals surface area contributed by atoms with E-state index in [1.807, 2.05) is 24.3 Å². The van der Waals surface area contributed by atoms with Gasteiger partial charge in [0, 0.05) is 17.3 Å². The Balaban J connectivity index is 1.37. The fourth-order valence-corrected chi connectivity index (χ4v) is 5.00. The molecule has 28 heavy (non-hydrogen) atoms. The van der Waals surface area contributed by atoms with Crippen molar-refractivity contribution in [3.05, 3.63) is 48.7 Å². The van der Waals surface area contributed by atoms with E-state index in [1.54, 1.807) is 19.2 Å². The molecule has 1 aliphatic heterocycles. The van der Waals surface area contributed by atoms with Crippen LogP contribution >= 0.6 is 0 Å². The third kappa shape index (κ3) is 2.47. The van der Waals surface area contributed by atoms with Gasteiger partial charge in [0.25, 0.3) is 0 Å². The number of carbonyl (C=O) groups is 3. The number of nitrogens with zero attached hydrogens (tertiary/aromatic N) is 2. The molecule has 2 fully saturated rings. The van der Waals surface area contributed by atoms with Crippen LogP contribution in [0.3, 0.4) is 0 Å². The van der Waals surface area contributed by atoms with Crippen molar-refractivity contribution in [1.82, 2.24) is 9.88 Å². The number of aromatic nitrogens is 1. The number of rotatable bonds is 3. The monoisotopic (exact) mass is 375 g/mol. The number of likely N-dealkylation sites (tertiary alicyclic amines) is 1. The summed E-state index contributed by atoms with van der Waals surface area (Å²) in [6, 6.07) is 8.36. The zero-order valence-corrected chi connectivity index (χ0v) is 15.5. The number of pyridine rings is 1. The molecule has 3 aliphatic carbocycles. The number of allylic oxidation sites excluding steroid dienone is 2. The Labute approximate surface area is 162 Å². The number of imide groups is 1. The Morgan fingerprint density at radius 1 is 1.11 bits per heavy atom. The summed E-state index contributed by atoms with van der Waals surface area (Å²) in [7, 11) is 0. The fourth-order valence-electron chi connectivity index (χ4n) is 5.00. The van der Waals surface area contributed by atoms with E-state index in [-0.39, 0.29) is 41.4 Å². The molecule has 6 heteroatoms. The average molecular weight is 375 g/mol. The summed E-state index contributed by atoms with van der Waals surface area (Å²) in [4.78, 5) is 44.3. The lowest BCUT2D eigenvalue weighted by Crippen LogP contribution is -2.46. The quantitative estimate of drug-likeness (QED) is 0.661. The van der Waals surface area contributed by atoms with E-state index in [9.17, 15) is 14.4 Å². The summed E-state index contributed by atoms with van der Waals surface area (Å²) in [5.41, 5.74) is 1.46. The first-order valence-corrected chi connectivity index (χ1v) is 9.75. The molecular weight excluding hydrogens is 354 g/mol. The third-order valence-corrected chi connectivity index (χ3v) is 6.43. The minimum Gasteiger partial charge on any atom is -0.324 e. The summed E-state index contributed by atoms with van der Waals surface area (Å²) in [6.45, 7) is 1.63. The van der Waals surface area contributed by atoms with Gasteiger partial charge in [-0.25, -0.2) is 0 Å². The number of benzene rings is 1. The maximum atomic E-state index is 13.0. The molecule has 2 aromatic rings. The van der Waals surface area contributed by atoms with Crippen LogP contribution in [0.5, 0.6) is 0 Å². The van der Waals surface area contributed by atoms with E-state index in [2.05, 4.69) is 22.5 Å². The van der Waals surface area contributed by atoms with Gasteiger partial charge in [0.2, 0.25) is 17.7 Å². The van der Waals surface area contributed by atoms with Crippen LogP contribution in [0.2, 0.25) is 0 Å². The minimum absolute atomic E-state index is 0.125. The van der Waals surface area contributed by atoms with Crippen LogP contribution in [0.15, 0.2) is 48.7 Å². The molecule has 6 rings (SSSR count). The van der Waals surface area contributed by atoms with E-state index < -0.39 is 6.04 Å². The molecule has 142 valence electrons. The van der Waals surface area contributed by atoms with Crippen LogP contribution in [0, 0.1) is 23.7 Å². The normalized spacial score (nSPS) is 29.2. The number of carbonyl (C=O) groups excluding carboxylic acids is 3. The molecule has 4 aliphatic rings. The van der Waals surface area contributed by atoms with Crippen molar-refractivity contribution in [2.75, 3.05) is 5.32 Å². The lowest BCUT2D eigenvalue weighted by Gasteiger charge is -2.38. The molecule has 5 atom stereocenters. The number of anilines is 1. The zero-order valence-electron chi connectivity index (χ0n) is 15.5. The van der Waals surface area contributed by atoms with E-state index >= 15 is 0 Å². The van der Waals surface area contributed by atoms with Crippen LogP contribution in [0.25, 0.3) is 10.9 Å². The first kappa shape index (κ1) is 17.1. The molecule has 0 unspecified atom stereocenters. The number of amides is 3. The number of fused-ring (bicyclic) bond motifs is 2. The van der Waals surface area contributed by atoms with Crippen LogP contribution in [0.4, 0.5) is 5.69 Å². The van der Waals surface area contributed by atoms with Crippen molar-refractivity contribution in [2.45, 2.75) is 25.8 Å². The van der Waals surface area contributed by atoms with Crippen molar-refractivity contribution in [3.63, 3.8) is 0 Å². The Bertz CT molecular complexity index is 999. The van der Waals surface area contributed by atoms with Gasteiger partial charge in [-0.2, -0.15) is 0 Å². The van der Waals surface area contributed by atoms with Crippen LogP contribution < -0.4 is 5.32 Å². The summed E-state index contributed by atoms with van der Waals surface area (Å²) in [6.07, 6.45) is 7.77. The molecule has 1 aromatic heterocycles. The van der Waals surface area contributed by atoms with Crippen molar-refractivity contribution >= 4 is 34.3 Å². The lowest BCUT2D eigenvalue weighted by atomic mass is 9.63. The SMILES string of the molecule is C[C@H](C(=O)Nc1ccc2ncccc2c1)N1C(=O)[C@@H]2[C@H](C1=O)[C@H]1C=C[C@H]2CC1. The first-order chi connectivity index (χ1) is 13.5. The highest BCUT2D eigenvalue weighted by Gasteiger charge is 2.58. The summed E-state index contributed by atoms with van der Waals surface area (Å²) in [5, 5.41) is 3.75. The van der Waals surface area contributed by atoms with Crippen molar-refractivity contribution in [2.24, 2.45) is 23.7 Å². The molecule has 1 saturated carbocycles. The van der Waals surface area contributed by atoms with Gasteiger partial charge in [-0.3, -0.25) is 24.3 Å². The van der Waals surface area contributed by atoms with Gasteiger partial charge in [0.1, 0.15) is 6.04 Å². The smallest absolute Gasteiger partial charge is 0.247 e. The van der Waals surface area contributed by atoms with Gasteiger partial charge in [0.15, 0.2) is 0 Å². The Kier molecular flexibility index (Phi) is 3.82. The highest BCUT2D eigenvalue weighted by Crippen LogP contribution is 2.49. The molecule has 6 nitrogen and oxygen atoms in total. The Morgan fingerprint density at radius 3 is 2.43 bits per heavy atom.